The number of rotatable bonds is 8. The Morgan fingerprint density at radius 3 is 2.18 bits per heavy atom. The van der Waals surface area contributed by atoms with E-state index >= 15 is 0 Å². The molecule has 0 bridgehead atoms. The molecule has 1 rings (SSSR count). The highest BCUT2D eigenvalue weighted by molar-refractivity contribution is 4.80. The van der Waals surface area contributed by atoms with Crippen LogP contribution in [-0.4, -0.2) is 28.6 Å². The predicted molar refractivity (Wildman–Crippen MR) is 66.0 cm³/mol. The monoisotopic (exact) mass is 242 g/mol. The van der Waals surface area contributed by atoms with Crippen molar-refractivity contribution in [2.75, 3.05) is 13.2 Å². The summed E-state index contributed by atoms with van der Waals surface area (Å²) in [5, 5.41) is 0. The fraction of sp³-hybridized carbons (Fsp3) is 0.750. The van der Waals surface area contributed by atoms with Gasteiger partial charge in [0, 0.05) is 45.1 Å². The first-order valence-corrected chi connectivity index (χ1v) is 6.21. The van der Waals surface area contributed by atoms with Crippen LogP contribution in [0.1, 0.15) is 27.2 Å². The standard InChI is InChI=1S/C12H22N2O3/c1-4-13-9-10-14(12(13)15)8-7-11(16-5-2)17-6-3/h9-11H,4-8H2,1-3H3. The average molecular weight is 242 g/mol. The summed E-state index contributed by atoms with van der Waals surface area (Å²) >= 11 is 0. The number of nitrogens with zero attached hydrogens (tertiary/aromatic N) is 2. The van der Waals surface area contributed by atoms with Gasteiger partial charge in [-0.1, -0.05) is 0 Å². The molecule has 0 spiro atoms. The largest absolute Gasteiger partial charge is 0.353 e. The van der Waals surface area contributed by atoms with Crippen LogP contribution < -0.4 is 5.69 Å². The predicted octanol–water partition coefficient (Wildman–Crippen LogP) is 1.46. The van der Waals surface area contributed by atoms with Gasteiger partial charge in [0.2, 0.25) is 0 Å². The fourth-order valence-corrected chi connectivity index (χ4v) is 1.70. The van der Waals surface area contributed by atoms with Crippen LogP contribution in [0.5, 0.6) is 0 Å². The van der Waals surface area contributed by atoms with Gasteiger partial charge in [0.05, 0.1) is 0 Å². The van der Waals surface area contributed by atoms with Crippen LogP contribution in [0.15, 0.2) is 17.2 Å². The number of hydrogen-bond acceptors (Lipinski definition) is 3. The highest BCUT2D eigenvalue weighted by Gasteiger charge is 2.09. The van der Waals surface area contributed by atoms with Crippen molar-refractivity contribution in [3.63, 3.8) is 0 Å². The number of aryl methyl sites for hydroxylation is 2. The van der Waals surface area contributed by atoms with E-state index in [9.17, 15) is 4.79 Å². The minimum atomic E-state index is -0.220. The molecule has 0 unspecified atom stereocenters. The zero-order chi connectivity index (χ0) is 12.7. The Morgan fingerprint density at radius 1 is 1.12 bits per heavy atom. The zero-order valence-electron chi connectivity index (χ0n) is 10.9. The molecule has 17 heavy (non-hydrogen) atoms. The molecule has 0 aromatic carbocycles. The topological polar surface area (TPSA) is 45.4 Å². The normalized spacial score (nSPS) is 11.3. The Labute approximate surface area is 102 Å². The second kappa shape index (κ2) is 7.29. The SMILES string of the molecule is CCOC(CCn1ccn(CC)c1=O)OCC. The molecule has 0 aliphatic rings. The van der Waals surface area contributed by atoms with Crippen molar-refractivity contribution in [2.24, 2.45) is 0 Å². The summed E-state index contributed by atoms with van der Waals surface area (Å²) in [5.41, 5.74) is 0.0271. The summed E-state index contributed by atoms with van der Waals surface area (Å²) < 4.78 is 14.2. The van der Waals surface area contributed by atoms with Crippen LogP contribution in [0.2, 0.25) is 0 Å². The molecule has 0 saturated carbocycles. The number of ether oxygens (including phenoxy) is 2. The summed E-state index contributed by atoms with van der Waals surface area (Å²) in [7, 11) is 0. The van der Waals surface area contributed by atoms with Crippen molar-refractivity contribution < 1.29 is 9.47 Å². The third-order valence-electron chi connectivity index (χ3n) is 2.57. The van der Waals surface area contributed by atoms with E-state index in [1.807, 2.05) is 20.8 Å². The van der Waals surface area contributed by atoms with Crippen molar-refractivity contribution in [1.82, 2.24) is 9.13 Å². The summed E-state index contributed by atoms with van der Waals surface area (Å²) in [4.78, 5) is 11.8. The molecule has 0 N–H and O–H groups in total. The van der Waals surface area contributed by atoms with Gasteiger partial charge in [-0.2, -0.15) is 0 Å². The molecule has 0 fully saturated rings. The molecule has 0 aliphatic carbocycles. The molecule has 1 aromatic heterocycles. The van der Waals surface area contributed by atoms with Gasteiger partial charge in [0.15, 0.2) is 6.29 Å². The second-order valence-corrected chi connectivity index (χ2v) is 3.69. The van der Waals surface area contributed by atoms with E-state index in [4.69, 9.17) is 9.47 Å². The molecule has 5 nitrogen and oxygen atoms in total. The van der Waals surface area contributed by atoms with Crippen molar-refractivity contribution >= 4 is 0 Å². The van der Waals surface area contributed by atoms with Gasteiger partial charge < -0.3 is 9.47 Å². The Balaban J connectivity index is 2.52. The molecule has 0 radical (unpaired) electrons. The molecular weight excluding hydrogens is 220 g/mol. The van der Waals surface area contributed by atoms with Crippen LogP contribution in [0.3, 0.4) is 0 Å². The van der Waals surface area contributed by atoms with Gasteiger partial charge in [0.25, 0.3) is 0 Å². The van der Waals surface area contributed by atoms with Crippen molar-refractivity contribution in [3.8, 4) is 0 Å². The quantitative estimate of drug-likeness (QED) is 0.648. The van der Waals surface area contributed by atoms with Gasteiger partial charge in [-0.25, -0.2) is 4.79 Å². The van der Waals surface area contributed by atoms with Crippen LogP contribution in [-0.2, 0) is 22.6 Å². The van der Waals surface area contributed by atoms with E-state index in [1.165, 1.54) is 0 Å². The lowest BCUT2D eigenvalue weighted by Crippen LogP contribution is -2.26. The molecular formula is C12H22N2O3. The van der Waals surface area contributed by atoms with Crippen molar-refractivity contribution in [1.29, 1.82) is 0 Å². The lowest BCUT2D eigenvalue weighted by Gasteiger charge is -2.16. The third-order valence-corrected chi connectivity index (χ3v) is 2.57. The van der Waals surface area contributed by atoms with E-state index < -0.39 is 0 Å². The first-order valence-electron chi connectivity index (χ1n) is 6.21. The lowest BCUT2D eigenvalue weighted by atomic mass is 10.4. The van der Waals surface area contributed by atoms with E-state index in [1.54, 1.807) is 21.5 Å². The van der Waals surface area contributed by atoms with E-state index in [2.05, 4.69) is 0 Å². The molecule has 0 aliphatic heterocycles. The van der Waals surface area contributed by atoms with Crippen molar-refractivity contribution in [3.05, 3.63) is 22.9 Å². The maximum absolute atomic E-state index is 11.8. The highest BCUT2D eigenvalue weighted by Crippen LogP contribution is 2.02. The van der Waals surface area contributed by atoms with Gasteiger partial charge in [-0.3, -0.25) is 9.13 Å². The van der Waals surface area contributed by atoms with Gasteiger partial charge in [0.1, 0.15) is 0 Å². The Kier molecular flexibility index (Phi) is 6.00. The number of hydrogen-bond donors (Lipinski definition) is 0. The third kappa shape index (κ3) is 4.02. The number of aromatic nitrogens is 2. The second-order valence-electron chi connectivity index (χ2n) is 3.69. The van der Waals surface area contributed by atoms with Crippen LogP contribution >= 0.6 is 0 Å². The minimum absolute atomic E-state index is 0.0271. The van der Waals surface area contributed by atoms with Gasteiger partial charge in [-0.15, -0.1) is 0 Å². The first-order chi connectivity index (χ1) is 8.22. The Morgan fingerprint density at radius 2 is 1.71 bits per heavy atom. The molecule has 98 valence electrons. The average Bonchev–Trinajstić information content (AvgIpc) is 2.68. The molecule has 0 saturated heterocycles. The van der Waals surface area contributed by atoms with E-state index in [0.29, 0.717) is 32.7 Å². The highest BCUT2D eigenvalue weighted by atomic mass is 16.7. The summed E-state index contributed by atoms with van der Waals surface area (Å²) in [6.45, 7) is 8.39. The minimum Gasteiger partial charge on any atom is -0.353 e. The zero-order valence-corrected chi connectivity index (χ0v) is 10.9. The summed E-state index contributed by atoms with van der Waals surface area (Å²) in [5.74, 6) is 0. The fourth-order valence-electron chi connectivity index (χ4n) is 1.70. The van der Waals surface area contributed by atoms with E-state index in [0.717, 1.165) is 0 Å². The van der Waals surface area contributed by atoms with Crippen LogP contribution in [0.4, 0.5) is 0 Å². The number of imidazole rings is 1. The van der Waals surface area contributed by atoms with Crippen LogP contribution in [0, 0.1) is 0 Å². The molecule has 5 heteroatoms. The summed E-state index contributed by atoms with van der Waals surface area (Å²) in [6, 6.07) is 0. The molecule has 1 heterocycles. The Hall–Kier alpha value is -1.07. The van der Waals surface area contributed by atoms with Gasteiger partial charge in [-0.05, 0) is 20.8 Å². The summed E-state index contributed by atoms with van der Waals surface area (Å²) in [6.07, 6.45) is 4.08. The smallest absolute Gasteiger partial charge is 0.328 e. The van der Waals surface area contributed by atoms with Crippen LogP contribution in [0.25, 0.3) is 0 Å². The Bertz CT molecular complexity index is 364. The first kappa shape index (κ1) is 14.0. The van der Waals surface area contributed by atoms with Gasteiger partial charge >= 0.3 is 5.69 Å². The maximum atomic E-state index is 11.8. The van der Waals surface area contributed by atoms with Crippen molar-refractivity contribution in [2.45, 2.75) is 46.6 Å². The molecule has 0 atom stereocenters. The molecule has 1 aromatic rings. The maximum Gasteiger partial charge on any atom is 0.328 e. The van der Waals surface area contributed by atoms with E-state index in [-0.39, 0.29) is 12.0 Å². The molecule has 0 amide bonds. The lowest BCUT2D eigenvalue weighted by molar-refractivity contribution is -0.141.